The van der Waals surface area contributed by atoms with Crippen LogP contribution in [0, 0.1) is 0 Å². The van der Waals surface area contributed by atoms with E-state index < -0.39 is 53.9 Å². The third-order valence-electron chi connectivity index (χ3n) is 8.08. The number of nitrogens with one attached hydrogen (secondary N) is 2. The quantitative estimate of drug-likeness (QED) is 0.191. The summed E-state index contributed by atoms with van der Waals surface area (Å²) >= 11 is 0. The maximum absolute atomic E-state index is 12.8. The van der Waals surface area contributed by atoms with E-state index in [0.29, 0.717) is 11.5 Å². The lowest BCUT2D eigenvalue weighted by Crippen LogP contribution is -2.38. The number of carbonyl (C=O) groups excluding carboxylic acids is 1. The van der Waals surface area contributed by atoms with Gasteiger partial charge in [0.1, 0.15) is 29.4 Å². The first-order valence-electron chi connectivity index (χ1n) is 15.2. The summed E-state index contributed by atoms with van der Waals surface area (Å²) in [5.41, 5.74) is -0.599. The van der Waals surface area contributed by atoms with E-state index in [1.165, 1.54) is 6.20 Å². The lowest BCUT2D eigenvalue weighted by Gasteiger charge is -2.37. The Hall–Kier alpha value is -5.18. The monoisotopic (exact) mass is 681 g/mol. The molecule has 1 aromatic heterocycles. The van der Waals surface area contributed by atoms with Crippen molar-refractivity contribution in [2.24, 2.45) is 0 Å². The molecule has 5 rings (SSSR count). The molecule has 1 aliphatic rings. The van der Waals surface area contributed by atoms with Crippen molar-refractivity contribution < 1.29 is 42.0 Å². The molecular weight excluding hydrogens is 647 g/mol. The van der Waals surface area contributed by atoms with Gasteiger partial charge in [-0.1, -0.05) is 66.7 Å². The molecule has 258 valence electrons. The second-order valence-electron chi connectivity index (χ2n) is 11.1. The molecule has 1 amide bonds. The van der Waals surface area contributed by atoms with Gasteiger partial charge in [-0.05, 0) is 41.0 Å². The van der Waals surface area contributed by atoms with Gasteiger partial charge >= 0.3 is 17.8 Å². The molecule has 14 heteroatoms. The standard InChI is InChI=1S/C35H34F3N3O8/c1-46-26-14-10-24(11-15-26)34(23-8-4-3-5-9-23,25-12-16-27(47-2)17-13-25)48-21-29-28(42)19-30(49-29)41-20-22(31(43)40-33(41)45)7-6-18-39-32(44)35(36,37)38/h3-17,20,28-30,42H,18-19,21H2,1-2H3,(H,39,44)(H,40,43,45)/b7-6+/t28-,29+,30+/m0/s1. The molecule has 0 radical (unpaired) electrons. The zero-order valence-corrected chi connectivity index (χ0v) is 26.5. The predicted molar refractivity (Wildman–Crippen MR) is 172 cm³/mol. The first-order chi connectivity index (χ1) is 23.5. The fourth-order valence-electron chi connectivity index (χ4n) is 5.59. The molecule has 49 heavy (non-hydrogen) atoms. The zero-order chi connectivity index (χ0) is 35.2. The van der Waals surface area contributed by atoms with Gasteiger partial charge in [-0.25, -0.2) is 4.79 Å². The number of aromatic amines is 1. The second-order valence-corrected chi connectivity index (χ2v) is 11.1. The summed E-state index contributed by atoms with van der Waals surface area (Å²) in [6.07, 6.45) is -4.63. The van der Waals surface area contributed by atoms with Gasteiger partial charge in [0.25, 0.3) is 5.56 Å². The third-order valence-corrected chi connectivity index (χ3v) is 8.08. The third kappa shape index (κ3) is 7.77. The molecule has 0 saturated carbocycles. The van der Waals surface area contributed by atoms with E-state index in [-0.39, 0.29) is 18.6 Å². The van der Waals surface area contributed by atoms with Crippen molar-refractivity contribution in [1.82, 2.24) is 14.9 Å². The molecule has 1 fully saturated rings. The van der Waals surface area contributed by atoms with Crippen LogP contribution in [0.25, 0.3) is 6.08 Å². The molecule has 0 bridgehead atoms. The van der Waals surface area contributed by atoms with E-state index >= 15 is 0 Å². The number of nitrogens with zero attached hydrogens (tertiary/aromatic N) is 1. The van der Waals surface area contributed by atoms with Crippen molar-refractivity contribution in [1.29, 1.82) is 0 Å². The van der Waals surface area contributed by atoms with Crippen LogP contribution in [0.15, 0.2) is 101 Å². The van der Waals surface area contributed by atoms with Crippen LogP contribution in [0.3, 0.4) is 0 Å². The Morgan fingerprint density at radius 2 is 1.53 bits per heavy atom. The maximum Gasteiger partial charge on any atom is 0.471 e. The van der Waals surface area contributed by atoms with E-state index in [4.69, 9.17) is 18.9 Å². The Morgan fingerprint density at radius 1 is 0.959 bits per heavy atom. The van der Waals surface area contributed by atoms with Crippen molar-refractivity contribution in [3.05, 3.63) is 134 Å². The number of carbonyl (C=O) groups is 1. The number of hydrogen-bond acceptors (Lipinski definition) is 8. The van der Waals surface area contributed by atoms with Crippen LogP contribution in [0.4, 0.5) is 13.2 Å². The number of hydrogen-bond donors (Lipinski definition) is 3. The molecule has 3 N–H and O–H groups in total. The van der Waals surface area contributed by atoms with Crippen LogP contribution in [-0.2, 0) is 19.9 Å². The van der Waals surface area contributed by atoms with E-state index in [1.807, 2.05) is 78.9 Å². The number of alkyl halides is 3. The number of aliphatic hydroxyl groups is 1. The number of benzene rings is 3. The average Bonchev–Trinajstić information content (AvgIpc) is 3.47. The van der Waals surface area contributed by atoms with Gasteiger partial charge in [0.2, 0.25) is 0 Å². The van der Waals surface area contributed by atoms with Gasteiger partial charge in [0, 0.05) is 19.2 Å². The van der Waals surface area contributed by atoms with Crippen molar-refractivity contribution >= 4 is 12.0 Å². The second kappa shape index (κ2) is 14.9. The van der Waals surface area contributed by atoms with Gasteiger partial charge in [-0.3, -0.25) is 19.1 Å². The van der Waals surface area contributed by atoms with E-state index in [9.17, 15) is 32.7 Å². The SMILES string of the molecule is COc1ccc(C(OC[C@H]2O[C@@H](n3cc(/C=C/CNC(=O)C(F)(F)F)c(=O)[nH]c3=O)C[C@@H]2O)(c2ccccc2)c2ccc(OC)cc2)cc1. The first-order valence-corrected chi connectivity index (χ1v) is 15.2. The molecule has 4 aromatic rings. The number of ether oxygens (including phenoxy) is 4. The Bertz CT molecular complexity index is 1830. The van der Waals surface area contributed by atoms with Crippen molar-refractivity contribution in [2.75, 3.05) is 27.4 Å². The van der Waals surface area contributed by atoms with Crippen LogP contribution < -0.4 is 26.0 Å². The van der Waals surface area contributed by atoms with Crippen LogP contribution >= 0.6 is 0 Å². The summed E-state index contributed by atoms with van der Waals surface area (Å²) in [7, 11) is 3.14. The smallest absolute Gasteiger partial charge is 0.471 e. The molecule has 3 aromatic carbocycles. The van der Waals surface area contributed by atoms with Crippen LogP contribution in [0.2, 0.25) is 0 Å². The lowest BCUT2D eigenvalue weighted by atomic mass is 9.80. The van der Waals surface area contributed by atoms with Crippen molar-refractivity contribution in [2.45, 2.75) is 36.6 Å². The number of halogens is 3. The van der Waals surface area contributed by atoms with Crippen LogP contribution in [-0.4, -0.2) is 66.3 Å². The van der Waals surface area contributed by atoms with Gasteiger partial charge in [0.15, 0.2) is 0 Å². The minimum Gasteiger partial charge on any atom is -0.497 e. The highest BCUT2D eigenvalue weighted by Gasteiger charge is 2.42. The Morgan fingerprint density at radius 3 is 2.08 bits per heavy atom. The summed E-state index contributed by atoms with van der Waals surface area (Å²) < 4.78 is 62.1. The number of H-pyrrole nitrogens is 1. The van der Waals surface area contributed by atoms with E-state index in [0.717, 1.165) is 33.4 Å². The maximum atomic E-state index is 12.8. The minimum atomic E-state index is -5.05. The Kier molecular flexibility index (Phi) is 10.7. The minimum absolute atomic E-state index is 0.0336. The summed E-state index contributed by atoms with van der Waals surface area (Å²) in [6.45, 7) is -0.644. The number of aromatic nitrogens is 2. The average molecular weight is 682 g/mol. The van der Waals surface area contributed by atoms with Gasteiger partial charge in [-0.15, -0.1) is 0 Å². The molecule has 1 aliphatic heterocycles. The first kappa shape index (κ1) is 35.1. The molecule has 0 spiro atoms. The molecule has 1 saturated heterocycles. The Labute approximate surface area is 278 Å². The summed E-state index contributed by atoms with van der Waals surface area (Å²) in [6, 6.07) is 24.3. The number of aliphatic hydroxyl groups excluding tert-OH is 1. The normalized spacial score (nSPS) is 18.0. The fraction of sp³-hybridized carbons (Fsp3) is 0.286. The lowest BCUT2D eigenvalue weighted by molar-refractivity contribution is -0.173. The molecule has 0 aliphatic carbocycles. The number of rotatable bonds is 12. The van der Waals surface area contributed by atoms with E-state index in [1.54, 1.807) is 19.5 Å². The Balaban J connectivity index is 1.43. The zero-order valence-electron chi connectivity index (χ0n) is 26.5. The van der Waals surface area contributed by atoms with Crippen molar-refractivity contribution in [3.63, 3.8) is 0 Å². The molecule has 2 heterocycles. The molecular formula is C35H34F3N3O8. The van der Waals surface area contributed by atoms with Gasteiger partial charge in [-0.2, -0.15) is 13.2 Å². The summed E-state index contributed by atoms with van der Waals surface area (Å²) in [4.78, 5) is 38.4. The van der Waals surface area contributed by atoms with Gasteiger partial charge in [0.05, 0.1) is 32.5 Å². The highest BCUT2D eigenvalue weighted by molar-refractivity contribution is 5.81. The van der Waals surface area contributed by atoms with Crippen LogP contribution in [0.1, 0.15) is 34.9 Å². The topological polar surface area (TPSA) is 141 Å². The largest absolute Gasteiger partial charge is 0.497 e. The molecule has 0 unspecified atom stereocenters. The van der Waals surface area contributed by atoms with Crippen LogP contribution in [0.5, 0.6) is 11.5 Å². The highest BCUT2D eigenvalue weighted by Crippen LogP contribution is 2.42. The summed E-state index contributed by atoms with van der Waals surface area (Å²) in [5, 5.41) is 12.8. The number of methoxy groups -OCH3 is 2. The van der Waals surface area contributed by atoms with Crippen molar-refractivity contribution in [3.8, 4) is 11.5 Å². The fourth-order valence-corrected chi connectivity index (χ4v) is 5.59. The highest BCUT2D eigenvalue weighted by atomic mass is 19.4. The van der Waals surface area contributed by atoms with Gasteiger partial charge < -0.3 is 29.4 Å². The van der Waals surface area contributed by atoms with E-state index in [2.05, 4.69) is 4.98 Å². The predicted octanol–water partition coefficient (Wildman–Crippen LogP) is 3.90. The summed E-state index contributed by atoms with van der Waals surface area (Å²) in [5.74, 6) is -0.846. The number of amides is 1. The molecule has 3 atom stereocenters. The molecule has 11 nitrogen and oxygen atoms in total.